The second-order valence-corrected chi connectivity index (χ2v) is 6.62. The smallest absolute Gasteiger partial charge is 0.0702 e. The minimum absolute atomic E-state index is 0.218. The van der Waals surface area contributed by atoms with Gasteiger partial charge in [0, 0.05) is 21.4 Å². The fourth-order valence-electron chi connectivity index (χ4n) is 2.47. The molecule has 0 aliphatic carbocycles. The van der Waals surface area contributed by atoms with Crippen LogP contribution in [0.4, 0.5) is 0 Å². The van der Waals surface area contributed by atoms with Gasteiger partial charge < -0.3 is 5.32 Å². The first-order valence-corrected chi connectivity index (χ1v) is 8.83. The van der Waals surface area contributed by atoms with Crippen LogP contribution in [0.15, 0.2) is 51.8 Å². The van der Waals surface area contributed by atoms with E-state index in [-0.39, 0.29) is 6.04 Å². The SMILES string of the molecule is CCCNC(c1ccc2ncccc2c1)c1cscc1Br. The van der Waals surface area contributed by atoms with Crippen LogP contribution < -0.4 is 5.32 Å². The van der Waals surface area contributed by atoms with E-state index in [1.165, 1.54) is 21.0 Å². The quantitative estimate of drug-likeness (QED) is 0.680. The van der Waals surface area contributed by atoms with Crippen molar-refractivity contribution in [2.45, 2.75) is 19.4 Å². The number of thiophene rings is 1. The number of nitrogens with zero attached hydrogens (tertiary/aromatic N) is 1. The molecule has 0 spiro atoms. The second-order valence-electron chi connectivity index (χ2n) is 5.02. The van der Waals surface area contributed by atoms with Crippen LogP contribution in [0.3, 0.4) is 0 Å². The Morgan fingerprint density at radius 3 is 2.95 bits per heavy atom. The number of benzene rings is 1. The van der Waals surface area contributed by atoms with E-state index in [1.54, 1.807) is 11.3 Å². The Morgan fingerprint density at radius 1 is 1.29 bits per heavy atom. The van der Waals surface area contributed by atoms with Crippen molar-refractivity contribution in [1.29, 1.82) is 0 Å². The average molecular weight is 361 g/mol. The molecule has 1 atom stereocenters. The maximum absolute atomic E-state index is 4.40. The number of aromatic nitrogens is 1. The molecule has 0 saturated heterocycles. The summed E-state index contributed by atoms with van der Waals surface area (Å²) in [5, 5.41) is 9.19. The molecule has 3 aromatic rings. The van der Waals surface area contributed by atoms with Crippen LogP contribution in [-0.4, -0.2) is 11.5 Å². The highest BCUT2D eigenvalue weighted by Crippen LogP contribution is 2.32. The maximum atomic E-state index is 4.40. The summed E-state index contributed by atoms with van der Waals surface area (Å²) in [5.74, 6) is 0. The standard InChI is InChI=1S/C17H17BrN2S/c1-2-7-20-17(14-10-21-11-15(14)18)13-5-6-16-12(9-13)4-3-8-19-16/h3-6,8-11,17,20H,2,7H2,1H3. The predicted molar refractivity (Wildman–Crippen MR) is 93.9 cm³/mol. The number of rotatable bonds is 5. The zero-order valence-electron chi connectivity index (χ0n) is 11.8. The van der Waals surface area contributed by atoms with Crippen molar-refractivity contribution < 1.29 is 0 Å². The van der Waals surface area contributed by atoms with Gasteiger partial charge in [-0.2, -0.15) is 11.3 Å². The van der Waals surface area contributed by atoms with Crippen LogP contribution >= 0.6 is 27.3 Å². The van der Waals surface area contributed by atoms with Gasteiger partial charge in [0.15, 0.2) is 0 Å². The molecule has 2 nitrogen and oxygen atoms in total. The third-order valence-electron chi connectivity index (χ3n) is 3.51. The van der Waals surface area contributed by atoms with E-state index in [4.69, 9.17) is 0 Å². The summed E-state index contributed by atoms with van der Waals surface area (Å²) in [6.45, 7) is 3.19. The van der Waals surface area contributed by atoms with E-state index in [0.29, 0.717) is 0 Å². The normalized spacial score (nSPS) is 12.7. The molecule has 0 aliphatic heterocycles. The van der Waals surface area contributed by atoms with E-state index in [0.717, 1.165) is 18.5 Å². The van der Waals surface area contributed by atoms with E-state index >= 15 is 0 Å². The summed E-state index contributed by atoms with van der Waals surface area (Å²) in [6, 6.07) is 10.8. The summed E-state index contributed by atoms with van der Waals surface area (Å²) < 4.78 is 1.17. The predicted octanol–water partition coefficient (Wildman–Crippen LogP) is 5.15. The Balaban J connectivity index is 2.03. The lowest BCUT2D eigenvalue weighted by Crippen LogP contribution is -2.23. The van der Waals surface area contributed by atoms with E-state index in [1.807, 2.05) is 12.3 Å². The van der Waals surface area contributed by atoms with Crippen molar-refractivity contribution in [2.24, 2.45) is 0 Å². The zero-order valence-corrected chi connectivity index (χ0v) is 14.2. The number of fused-ring (bicyclic) bond motifs is 1. The van der Waals surface area contributed by atoms with Crippen LogP contribution in [0.25, 0.3) is 10.9 Å². The second kappa shape index (κ2) is 6.69. The topological polar surface area (TPSA) is 24.9 Å². The van der Waals surface area contributed by atoms with E-state index in [9.17, 15) is 0 Å². The van der Waals surface area contributed by atoms with Crippen molar-refractivity contribution in [1.82, 2.24) is 10.3 Å². The van der Waals surface area contributed by atoms with Gasteiger partial charge in [-0.15, -0.1) is 0 Å². The highest BCUT2D eigenvalue weighted by Gasteiger charge is 2.17. The Morgan fingerprint density at radius 2 is 2.19 bits per heavy atom. The monoisotopic (exact) mass is 360 g/mol. The molecule has 108 valence electrons. The lowest BCUT2D eigenvalue weighted by atomic mass is 9.99. The van der Waals surface area contributed by atoms with Gasteiger partial charge in [-0.3, -0.25) is 4.98 Å². The number of nitrogens with one attached hydrogen (secondary N) is 1. The molecular weight excluding hydrogens is 344 g/mol. The summed E-state index contributed by atoms with van der Waals surface area (Å²) in [7, 11) is 0. The highest BCUT2D eigenvalue weighted by atomic mass is 79.9. The zero-order chi connectivity index (χ0) is 14.7. The number of hydrogen-bond donors (Lipinski definition) is 1. The summed E-state index contributed by atoms with van der Waals surface area (Å²) in [4.78, 5) is 4.40. The third kappa shape index (κ3) is 3.18. The molecule has 4 heteroatoms. The van der Waals surface area contributed by atoms with Gasteiger partial charge in [0.25, 0.3) is 0 Å². The van der Waals surface area contributed by atoms with Crippen LogP contribution in [0.5, 0.6) is 0 Å². The lowest BCUT2D eigenvalue weighted by Gasteiger charge is -2.19. The van der Waals surface area contributed by atoms with Crippen LogP contribution in [0.1, 0.15) is 30.5 Å². The van der Waals surface area contributed by atoms with Crippen molar-refractivity contribution in [3.05, 3.63) is 62.9 Å². The summed E-state index contributed by atoms with van der Waals surface area (Å²) in [5.41, 5.74) is 3.62. The largest absolute Gasteiger partial charge is 0.306 e. The molecule has 1 N–H and O–H groups in total. The third-order valence-corrected chi connectivity index (χ3v) is 5.26. The molecule has 0 saturated carbocycles. The molecule has 2 heterocycles. The van der Waals surface area contributed by atoms with Crippen LogP contribution in [-0.2, 0) is 0 Å². The van der Waals surface area contributed by atoms with Gasteiger partial charge in [-0.25, -0.2) is 0 Å². The van der Waals surface area contributed by atoms with Crippen molar-refractivity contribution >= 4 is 38.2 Å². The first-order chi connectivity index (χ1) is 10.3. The molecule has 1 aromatic carbocycles. The van der Waals surface area contributed by atoms with Gasteiger partial charge in [0.05, 0.1) is 11.6 Å². The summed E-state index contributed by atoms with van der Waals surface area (Å²) >= 11 is 5.39. The number of halogens is 1. The average Bonchev–Trinajstić information content (AvgIpc) is 2.94. The first-order valence-electron chi connectivity index (χ1n) is 7.09. The molecule has 0 aliphatic rings. The van der Waals surface area contributed by atoms with Gasteiger partial charge in [-0.1, -0.05) is 19.1 Å². The molecule has 1 unspecified atom stereocenters. The Bertz CT molecular complexity index is 738. The first kappa shape index (κ1) is 14.7. The molecule has 0 radical (unpaired) electrons. The van der Waals surface area contributed by atoms with E-state index in [2.05, 4.69) is 68.2 Å². The molecule has 3 rings (SSSR count). The minimum Gasteiger partial charge on any atom is -0.306 e. The lowest BCUT2D eigenvalue weighted by molar-refractivity contribution is 0.599. The Labute approximate surface area is 137 Å². The van der Waals surface area contributed by atoms with Crippen molar-refractivity contribution in [3.8, 4) is 0 Å². The van der Waals surface area contributed by atoms with Gasteiger partial charge >= 0.3 is 0 Å². The Kier molecular flexibility index (Phi) is 4.68. The van der Waals surface area contributed by atoms with Crippen molar-refractivity contribution in [3.63, 3.8) is 0 Å². The molecule has 0 amide bonds. The van der Waals surface area contributed by atoms with Gasteiger partial charge in [-0.05, 0) is 63.6 Å². The van der Waals surface area contributed by atoms with Crippen LogP contribution in [0.2, 0.25) is 0 Å². The fraction of sp³-hybridized carbons (Fsp3) is 0.235. The maximum Gasteiger partial charge on any atom is 0.0702 e. The molecule has 0 bridgehead atoms. The molecule has 21 heavy (non-hydrogen) atoms. The van der Waals surface area contributed by atoms with Crippen LogP contribution in [0, 0.1) is 0 Å². The summed E-state index contributed by atoms with van der Waals surface area (Å²) in [6.07, 6.45) is 2.96. The van der Waals surface area contributed by atoms with Gasteiger partial charge in [0.1, 0.15) is 0 Å². The molecule has 0 fully saturated rings. The number of pyridine rings is 1. The van der Waals surface area contributed by atoms with Gasteiger partial charge in [0.2, 0.25) is 0 Å². The van der Waals surface area contributed by atoms with Crippen molar-refractivity contribution in [2.75, 3.05) is 6.54 Å². The van der Waals surface area contributed by atoms with E-state index < -0.39 is 0 Å². The fourth-order valence-corrected chi connectivity index (χ4v) is 4.02. The molecule has 2 aromatic heterocycles. The minimum atomic E-state index is 0.218. The highest BCUT2D eigenvalue weighted by molar-refractivity contribution is 9.10. The number of hydrogen-bond acceptors (Lipinski definition) is 3. The Hall–Kier alpha value is -1.23. The molecular formula is C17H17BrN2S.